The van der Waals surface area contributed by atoms with E-state index in [1.807, 2.05) is 12.1 Å². The average molecular weight is 371 g/mol. The molecule has 1 aromatic carbocycles. The minimum atomic E-state index is -0.541. The molecule has 142 valence electrons. The van der Waals surface area contributed by atoms with Gasteiger partial charge in [-0.2, -0.15) is 9.97 Å². The fraction of sp³-hybridized carbons (Fsp3) is 0.353. The average Bonchev–Trinajstić information content (AvgIpc) is 3.00. The quantitative estimate of drug-likeness (QED) is 0.413. The lowest BCUT2D eigenvalue weighted by atomic mass is 10.2. The zero-order valence-corrected chi connectivity index (χ0v) is 15.3. The van der Waals surface area contributed by atoms with Crippen LogP contribution in [0.2, 0.25) is 0 Å². The van der Waals surface area contributed by atoms with Crippen molar-refractivity contribution in [2.24, 2.45) is 7.05 Å². The lowest BCUT2D eigenvalue weighted by Crippen LogP contribution is -2.17. The third kappa shape index (κ3) is 4.47. The number of esters is 1. The number of benzene rings is 1. The van der Waals surface area contributed by atoms with E-state index in [-0.39, 0.29) is 5.97 Å². The second-order valence-corrected chi connectivity index (χ2v) is 6.07. The molecular formula is C17H21N7O3. The fourth-order valence-corrected chi connectivity index (χ4v) is 2.44. The number of hydrogen-bond acceptors (Lipinski definition) is 9. The number of nitrogens with zero attached hydrogens (tertiary/aromatic N) is 5. The third-order valence-corrected chi connectivity index (χ3v) is 3.68. The molecule has 10 heteroatoms. The fourth-order valence-electron chi connectivity index (χ4n) is 2.44. The number of para-hydroxylation sites is 1. The second kappa shape index (κ2) is 7.96. The van der Waals surface area contributed by atoms with Gasteiger partial charge in [0.25, 0.3) is 0 Å². The first-order chi connectivity index (χ1) is 12.9. The topological polar surface area (TPSA) is 127 Å². The number of rotatable bonds is 7. The van der Waals surface area contributed by atoms with Crippen LogP contribution in [0.5, 0.6) is 5.75 Å². The third-order valence-electron chi connectivity index (χ3n) is 3.68. The van der Waals surface area contributed by atoms with E-state index in [0.717, 1.165) is 5.56 Å². The summed E-state index contributed by atoms with van der Waals surface area (Å²) >= 11 is 0. The highest BCUT2D eigenvalue weighted by molar-refractivity contribution is 5.83. The maximum Gasteiger partial charge on any atom is 0.308 e. The first-order valence-electron chi connectivity index (χ1n) is 8.43. The monoisotopic (exact) mass is 371 g/mol. The minimum Gasteiger partial charge on any atom is -0.426 e. The van der Waals surface area contributed by atoms with E-state index in [9.17, 15) is 9.90 Å². The molecule has 0 fully saturated rings. The van der Waals surface area contributed by atoms with Crippen molar-refractivity contribution in [1.82, 2.24) is 25.0 Å². The van der Waals surface area contributed by atoms with Crippen molar-refractivity contribution in [3.05, 3.63) is 29.8 Å². The van der Waals surface area contributed by atoms with Gasteiger partial charge in [0.2, 0.25) is 5.95 Å². The molecule has 0 saturated carbocycles. The summed E-state index contributed by atoms with van der Waals surface area (Å²) in [6, 6.07) is 7.24. The van der Waals surface area contributed by atoms with Crippen LogP contribution in [0.3, 0.4) is 0 Å². The number of ether oxygens (including phenoxy) is 1. The lowest BCUT2D eigenvalue weighted by molar-refractivity contribution is -0.131. The number of fused-ring (bicyclic) bond motifs is 1. The van der Waals surface area contributed by atoms with Crippen LogP contribution in [0.1, 0.15) is 19.4 Å². The Kier molecular flexibility index (Phi) is 5.46. The number of aryl methyl sites for hydroxylation is 1. The van der Waals surface area contributed by atoms with Crippen LogP contribution in [0, 0.1) is 0 Å². The van der Waals surface area contributed by atoms with E-state index in [0.29, 0.717) is 41.8 Å². The Morgan fingerprint density at radius 3 is 2.81 bits per heavy atom. The molecule has 2 aromatic heterocycles. The second-order valence-electron chi connectivity index (χ2n) is 6.07. The molecule has 2 heterocycles. The molecule has 0 saturated heterocycles. The normalized spacial score (nSPS) is 12.0. The summed E-state index contributed by atoms with van der Waals surface area (Å²) in [6.07, 6.45) is -0.541. The maximum atomic E-state index is 11.3. The van der Waals surface area contributed by atoms with Crippen molar-refractivity contribution in [2.45, 2.75) is 26.5 Å². The maximum absolute atomic E-state index is 11.3. The van der Waals surface area contributed by atoms with Gasteiger partial charge in [-0.25, -0.2) is 4.68 Å². The van der Waals surface area contributed by atoms with E-state index in [2.05, 4.69) is 30.9 Å². The highest BCUT2D eigenvalue weighted by Gasteiger charge is 2.14. The van der Waals surface area contributed by atoms with Crippen LogP contribution in [0.25, 0.3) is 11.2 Å². The molecule has 0 radical (unpaired) electrons. The molecule has 10 nitrogen and oxygen atoms in total. The molecule has 27 heavy (non-hydrogen) atoms. The van der Waals surface area contributed by atoms with E-state index in [1.54, 1.807) is 30.8 Å². The Morgan fingerprint density at radius 1 is 1.30 bits per heavy atom. The lowest BCUT2D eigenvalue weighted by Gasteiger charge is -2.12. The molecule has 3 rings (SSSR count). The Labute approximate surface area is 155 Å². The molecule has 0 amide bonds. The Bertz CT molecular complexity index is 955. The first-order valence-corrected chi connectivity index (χ1v) is 8.43. The summed E-state index contributed by atoms with van der Waals surface area (Å²) in [7, 11) is 1.74. The smallest absolute Gasteiger partial charge is 0.308 e. The van der Waals surface area contributed by atoms with Crippen molar-refractivity contribution < 1.29 is 14.6 Å². The Morgan fingerprint density at radius 2 is 2.07 bits per heavy atom. The molecule has 0 spiro atoms. The Balaban J connectivity index is 1.87. The zero-order chi connectivity index (χ0) is 19.4. The summed E-state index contributed by atoms with van der Waals surface area (Å²) in [5.41, 5.74) is 1.86. The summed E-state index contributed by atoms with van der Waals surface area (Å²) in [5, 5.41) is 23.7. The summed E-state index contributed by atoms with van der Waals surface area (Å²) in [4.78, 5) is 20.1. The van der Waals surface area contributed by atoms with Gasteiger partial charge < -0.3 is 20.5 Å². The van der Waals surface area contributed by atoms with E-state index >= 15 is 0 Å². The molecule has 0 aliphatic rings. The number of hydrogen-bond donors (Lipinski definition) is 3. The number of carbonyl (C=O) groups excluding carboxylic acids is 1. The van der Waals surface area contributed by atoms with Crippen LogP contribution < -0.4 is 15.4 Å². The molecule has 0 bridgehead atoms. The van der Waals surface area contributed by atoms with Gasteiger partial charge in [0, 0.05) is 32.6 Å². The van der Waals surface area contributed by atoms with Crippen LogP contribution in [0.15, 0.2) is 24.3 Å². The SMILES string of the molecule is CC(=O)Oc1ccccc1CNc1nc(NCC(C)O)nc2c1nnn2C. The predicted molar refractivity (Wildman–Crippen MR) is 99.3 cm³/mol. The van der Waals surface area contributed by atoms with Gasteiger partial charge in [0.1, 0.15) is 5.75 Å². The van der Waals surface area contributed by atoms with Gasteiger partial charge in [-0.3, -0.25) is 4.79 Å². The van der Waals surface area contributed by atoms with E-state index in [1.165, 1.54) is 6.92 Å². The molecule has 0 aliphatic carbocycles. The van der Waals surface area contributed by atoms with Crippen molar-refractivity contribution >= 4 is 28.9 Å². The highest BCUT2D eigenvalue weighted by atomic mass is 16.5. The summed E-state index contributed by atoms with van der Waals surface area (Å²) < 4.78 is 6.77. The van der Waals surface area contributed by atoms with E-state index < -0.39 is 6.10 Å². The molecule has 1 atom stereocenters. The molecule has 3 aromatic rings. The van der Waals surface area contributed by atoms with Crippen molar-refractivity contribution in [2.75, 3.05) is 17.2 Å². The van der Waals surface area contributed by atoms with Gasteiger partial charge >= 0.3 is 5.97 Å². The van der Waals surface area contributed by atoms with Gasteiger partial charge in [-0.1, -0.05) is 23.4 Å². The molecule has 3 N–H and O–H groups in total. The van der Waals surface area contributed by atoms with Gasteiger partial charge in [0.05, 0.1) is 6.10 Å². The van der Waals surface area contributed by atoms with Crippen molar-refractivity contribution in [3.8, 4) is 5.75 Å². The molecule has 1 unspecified atom stereocenters. The number of aliphatic hydroxyl groups excluding tert-OH is 1. The van der Waals surface area contributed by atoms with Crippen molar-refractivity contribution in [1.29, 1.82) is 0 Å². The number of aliphatic hydroxyl groups is 1. The number of anilines is 2. The van der Waals surface area contributed by atoms with E-state index in [4.69, 9.17) is 4.74 Å². The zero-order valence-electron chi connectivity index (χ0n) is 15.3. The number of carbonyl (C=O) groups is 1. The predicted octanol–water partition coefficient (Wildman–Crippen LogP) is 1.09. The largest absolute Gasteiger partial charge is 0.426 e. The minimum absolute atomic E-state index is 0.311. The van der Waals surface area contributed by atoms with Gasteiger partial charge in [-0.15, -0.1) is 5.10 Å². The Hall–Kier alpha value is -3.27. The van der Waals surface area contributed by atoms with Crippen LogP contribution >= 0.6 is 0 Å². The van der Waals surface area contributed by atoms with Gasteiger partial charge in [-0.05, 0) is 13.0 Å². The number of aromatic nitrogens is 5. The van der Waals surface area contributed by atoms with Crippen LogP contribution in [0.4, 0.5) is 11.8 Å². The van der Waals surface area contributed by atoms with Crippen LogP contribution in [-0.2, 0) is 18.4 Å². The highest BCUT2D eigenvalue weighted by Crippen LogP contribution is 2.23. The summed E-state index contributed by atoms with van der Waals surface area (Å²) in [5.74, 6) is 0.934. The van der Waals surface area contributed by atoms with Crippen molar-refractivity contribution in [3.63, 3.8) is 0 Å². The van der Waals surface area contributed by atoms with Crippen LogP contribution in [-0.4, -0.2) is 48.7 Å². The molecular weight excluding hydrogens is 350 g/mol. The van der Waals surface area contributed by atoms with Gasteiger partial charge in [0.15, 0.2) is 17.0 Å². The molecule has 0 aliphatic heterocycles. The summed E-state index contributed by atoms with van der Waals surface area (Å²) in [6.45, 7) is 3.70. The standard InChI is InChI=1S/C17H21N7O3/c1-10(25)8-19-17-20-15(14-16(21-17)24(3)23-22-14)18-9-12-6-4-5-7-13(12)27-11(2)26/h4-7,10,25H,8-9H2,1-3H3,(H2,18,19,20,21). The first kappa shape index (κ1) is 18.5. The number of nitrogens with one attached hydrogen (secondary N) is 2.